The van der Waals surface area contributed by atoms with Gasteiger partial charge in [0, 0.05) is 100 Å². The molecule has 15 aliphatic rings. The summed E-state index contributed by atoms with van der Waals surface area (Å²) in [6.45, 7) is 25.4. The van der Waals surface area contributed by atoms with E-state index in [0.29, 0.717) is 47.3 Å². The summed E-state index contributed by atoms with van der Waals surface area (Å²) in [6.07, 6.45) is 44.1. The molecule has 10 aliphatic carbocycles. The highest BCUT2D eigenvalue weighted by molar-refractivity contribution is 5.20. The predicted octanol–water partition coefficient (Wildman–Crippen LogP) is 15.5. The molecule has 8 bridgehead atoms. The Bertz CT molecular complexity index is 2430. The average molecular weight is 1470 g/mol. The fraction of sp³-hybridized carbons (Fsp3) is 1.00. The number of ether oxygens (including phenoxy) is 8. The van der Waals surface area contributed by atoms with Crippen LogP contribution < -0.4 is 37.2 Å². The molecular weight excluding hydrogens is 1310 g/mol. The highest BCUT2D eigenvalue weighted by Crippen LogP contribution is 2.62. The lowest BCUT2D eigenvalue weighted by atomic mass is 9.54. The Morgan fingerprint density at radius 1 is 0.229 bits per heavy atom. The zero-order valence-corrected chi connectivity index (χ0v) is 68.1. The van der Waals surface area contributed by atoms with Crippen LogP contribution in [-0.4, -0.2) is 163 Å². The van der Waals surface area contributed by atoms with Crippen molar-refractivity contribution in [2.24, 2.45) is 118 Å². The topological polar surface area (TPSA) is 161 Å². The lowest BCUT2D eigenvalue weighted by Crippen LogP contribution is -2.64. The van der Waals surface area contributed by atoms with E-state index >= 15 is 0 Å². The van der Waals surface area contributed by atoms with Gasteiger partial charge in [-0.25, -0.2) is 0 Å². The first-order chi connectivity index (χ1) is 51.7. The molecule has 16 nitrogen and oxygen atoms in total. The van der Waals surface area contributed by atoms with Gasteiger partial charge in [0.1, 0.15) is 0 Å². The van der Waals surface area contributed by atoms with Gasteiger partial charge in [0.2, 0.25) is 0 Å². The molecule has 7 N–H and O–H groups in total. The lowest BCUT2D eigenvalue weighted by molar-refractivity contribution is -0.190. The minimum Gasteiger partial charge on any atom is -0.378 e. The third-order valence-corrected chi connectivity index (χ3v) is 32.3. The monoisotopic (exact) mass is 1470 g/mol. The van der Waals surface area contributed by atoms with Crippen LogP contribution in [0.25, 0.3) is 0 Å². The van der Waals surface area contributed by atoms with Gasteiger partial charge in [0.05, 0.1) is 98.2 Å². The molecule has 0 aromatic heterocycles. The highest BCUT2D eigenvalue weighted by Gasteiger charge is 2.70. The molecule has 10 saturated carbocycles. The van der Waals surface area contributed by atoms with Crippen LogP contribution in [0.15, 0.2) is 0 Å². The van der Waals surface area contributed by atoms with Crippen LogP contribution >= 0.6 is 0 Å². The number of nitrogens with one attached hydrogen (secondary N) is 7. The standard InChI is InChI=1S/C89H158N8O8/c1-10-18-42-98-74-58-38-30-31-39-59(58)75(99-43-19-11-2)67-66(74)82-90-83(67)92-85-69-71(81(105-49-25-17-8)65-53-57-37-29-27-35-55(57)51-63(65)79(69)103-47-23-15-6)87(94-85)96-89-73-72(76(100-44-20-12-3)60-40-32-33-41-61(60)77(73)101-45-21-13-4)88(97(89)9)95-86-70-68(84(91-82)93-86)78(102-46-22-14-5)62-50-54-34-26-28-36-56(54)52-64(62)80(70)104-48-24-16-7/h54-96H,10-53H2,1-9H3. The molecular formula is C89H158N8O8. The summed E-state index contributed by atoms with van der Waals surface area (Å²) in [6, 6.07) is 0. The van der Waals surface area contributed by atoms with Gasteiger partial charge in [-0.3, -0.25) is 42.1 Å². The van der Waals surface area contributed by atoms with Crippen molar-refractivity contribution >= 4 is 0 Å². The van der Waals surface area contributed by atoms with Gasteiger partial charge in [-0.1, -0.05) is 184 Å². The van der Waals surface area contributed by atoms with E-state index in [-0.39, 0.29) is 146 Å². The molecule has 0 amide bonds. The van der Waals surface area contributed by atoms with E-state index in [2.05, 4.69) is 67.3 Å². The zero-order chi connectivity index (χ0) is 72.1. The summed E-state index contributed by atoms with van der Waals surface area (Å²) in [5.41, 5.74) is 0. The van der Waals surface area contributed by atoms with Crippen LogP contribution in [0, 0.1) is 118 Å². The van der Waals surface area contributed by atoms with E-state index in [1.54, 1.807) is 0 Å². The van der Waals surface area contributed by atoms with Crippen molar-refractivity contribution < 1.29 is 37.9 Å². The lowest BCUT2D eigenvalue weighted by Gasteiger charge is -2.57. The van der Waals surface area contributed by atoms with E-state index in [9.17, 15) is 0 Å². The Balaban J connectivity index is 0.932. The van der Waals surface area contributed by atoms with Gasteiger partial charge < -0.3 is 37.9 Å². The van der Waals surface area contributed by atoms with E-state index < -0.39 is 0 Å². The van der Waals surface area contributed by atoms with E-state index in [4.69, 9.17) is 75.1 Å². The largest absolute Gasteiger partial charge is 0.378 e. The second kappa shape index (κ2) is 37.8. The van der Waals surface area contributed by atoms with Gasteiger partial charge in [-0.05, 0) is 181 Å². The summed E-state index contributed by atoms with van der Waals surface area (Å²) in [5.74, 6) is 7.88. The Kier molecular flexibility index (Phi) is 28.6. The quantitative estimate of drug-likeness (QED) is 0.0318. The molecule has 16 heteroatoms. The van der Waals surface area contributed by atoms with Crippen molar-refractivity contribution in [3.05, 3.63) is 0 Å². The Morgan fingerprint density at radius 3 is 0.619 bits per heavy atom. The third-order valence-electron chi connectivity index (χ3n) is 32.3. The summed E-state index contributed by atoms with van der Waals surface area (Å²) in [5, 5.41) is 33.7. The number of rotatable bonds is 32. The van der Waals surface area contributed by atoms with E-state index in [1.165, 1.54) is 128 Å². The maximum absolute atomic E-state index is 7.93. The molecule has 0 spiro atoms. The van der Waals surface area contributed by atoms with Gasteiger partial charge >= 0.3 is 0 Å². The maximum Gasteiger partial charge on any atom is 0.0678 e. The van der Waals surface area contributed by atoms with Crippen LogP contribution in [0.3, 0.4) is 0 Å². The number of hydrogen-bond donors (Lipinski definition) is 7. The molecule has 5 saturated heterocycles. The molecule has 0 aromatic rings. The molecule has 105 heavy (non-hydrogen) atoms. The van der Waals surface area contributed by atoms with Crippen LogP contribution in [0.1, 0.15) is 287 Å². The first-order valence-electron chi connectivity index (χ1n) is 46.7. The summed E-state index contributed by atoms with van der Waals surface area (Å²) >= 11 is 0. The Labute approximate surface area is 639 Å². The fourth-order valence-electron chi connectivity index (χ4n) is 27.6. The van der Waals surface area contributed by atoms with Gasteiger partial charge in [0.15, 0.2) is 0 Å². The minimum absolute atomic E-state index is 0.0193. The van der Waals surface area contributed by atoms with E-state index in [0.717, 1.165) is 179 Å². The average Bonchev–Trinajstić information content (AvgIpc) is 1.54. The van der Waals surface area contributed by atoms with Gasteiger partial charge in [-0.15, -0.1) is 0 Å². The summed E-state index contributed by atoms with van der Waals surface area (Å²) < 4.78 is 62.9. The fourth-order valence-corrected chi connectivity index (χ4v) is 27.6. The predicted molar refractivity (Wildman–Crippen MR) is 419 cm³/mol. The second-order valence-electron chi connectivity index (χ2n) is 38.2. The summed E-state index contributed by atoms with van der Waals surface area (Å²) in [4.78, 5) is 2.87. The Morgan fingerprint density at radius 2 is 0.410 bits per heavy atom. The van der Waals surface area contributed by atoms with Crippen molar-refractivity contribution in [3.63, 3.8) is 0 Å². The van der Waals surface area contributed by atoms with Crippen LogP contribution in [0.4, 0.5) is 0 Å². The normalized spacial score (nSPS) is 47.6. The second-order valence-corrected chi connectivity index (χ2v) is 38.2. The molecule has 15 fully saturated rings. The van der Waals surface area contributed by atoms with E-state index in [1.807, 2.05) is 0 Å². The first-order valence-corrected chi connectivity index (χ1v) is 46.7. The molecule has 0 aromatic carbocycles. The molecule has 602 valence electrons. The van der Waals surface area contributed by atoms with Crippen molar-refractivity contribution in [1.29, 1.82) is 0 Å². The highest BCUT2D eigenvalue weighted by atomic mass is 16.5. The number of fused-ring (bicyclic) bond motifs is 26. The number of nitrogens with zero attached hydrogens (tertiary/aromatic N) is 1. The molecule has 5 heterocycles. The van der Waals surface area contributed by atoms with Crippen molar-refractivity contribution in [3.8, 4) is 0 Å². The smallest absolute Gasteiger partial charge is 0.0678 e. The van der Waals surface area contributed by atoms with Gasteiger partial charge in [0.25, 0.3) is 0 Å². The van der Waals surface area contributed by atoms with Crippen LogP contribution in [-0.2, 0) is 37.9 Å². The van der Waals surface area contributed by atoms with Gasteiger partial charge in [-0.2, -0.15) is 0 Å². The van der Waals surface area contributed by atoms with Crippen LogP contribution in [0.5, 0.6) is 0 Å². The van der Waals surface area contributed by atoms with Crippen molar-refractivity contribution in [1.82, 2.24) is 42.1 Å². The SMILES string of the molecule is CCCCOC1C2CCCCC2C(OCCCC)C2C3NC(NC4NC(NC5C6C(OCCCC)C7CCCCC7C(OCCCC)C6C(NC6NC(N3)C3C(OCCCC)C7CC8CCCCC8CC7C(OCCCC)C63)N5C)C3C(OCCCC)C5CC6CCCCC6CC5C(OCCCC)C43)C12. The Hall–Kier alpha value is -0.640. The molecule has 36 atom stereocenters. The van der Waals surface area contributed by atoms with Crippen molar-refractivity contribution in [2.45, 2.75) is 385 Å². The van der Waals surface area contributed by atoms with Crippen LogP contribution in [0.2, 0.25) is 0 Å². The number of hydrogen-bond acceptors (Lipinski definition) is 16. The summed E-state index contributed by atoms with van der Waals surface area (Å²) in [7, 11) is 2.54. The number of unbranched alkanes of at least 4 members (excludes halogenated alkanes) is 8. The molecule has 5 aliphatic heterocycles. The zero-order valence-electron chi connectivity index (χ0n) is 68.1. The minimum atomic E-state index is -0.0707. The van der Waals surface area contributed by atoms with Crippen molar-refractivity contribution in [2.75, 3.05) is 59.9 Å². The maximum atomic E-state index is 7.93. The molecule has 15 rings (SSSR count). The molecule has 36 unspecified atom stereocenters. The molecule has 0 radical (unpaired) electrons. The third kappa shape index (κ3) is 16.3. The first kappa shape index (κ1) is 79.6.